The first-order valence-electron chi connectivity index (χ1n) is 19.6. The smallest absolute Gasteiger partial charge is 0.336 e. The Morgan fingerprint density at radius 1 is 0.887 bits per heavy atom. The summed E-state index contributed by atoms with van der Waals surface area (Å²) in [6.07, 6.45) is 3.43. The van der Waals surface area contributed by atoms with Crippen LogP contribution < -0.4 is 4.74 Å². The molecule has 1 aromatic rings. The third-order valence-corrected chi connectivity index (χ3v) is 14.3. The van der Waals surface area contributed by atoms with Gasteiger partial charge in [0, 0.05) is 12.5 Å². The van der Waals surface area contributed by atoms with E-state index in [9.17, 15) is 24.6 Å². The average molecular weight is 737 g/mol. The van der Waals surface area contributed by atoms with Crippen LogP contribution in [0.1, 0.15) is 126 Å². The van der Waals surface area contributed by atoms with E-state index in [2.05, 4.69) is 27.7 Å². The van der Waals surface area contributed by atoms with Crippen LogP contribution in [-0.4, -0.2) is 60.3 Å². The molecule has 4 aliphatic carbocycles. The lowest BCUT2D eigenvalue weighted by Crippen LogP contribution is -2.65. The van der Waals surface area contributed by atoms with E-state index < -0.39 is 47.7 Å². The molecule has 5 rings (SSSR count). The van der Waals surface area contributed by atoms with Crippen molar-refractivity contribution in [2.24, 2.45) is 45.3 Å². The molecule has 0 heterocycles. The molecule has 0 aromatic heterocycles. The molecule has 0 aliphatic heterocycles. The van der Waals surface area contributed by atoms with E-state index in [0.717, 1.165) is 47.3 Å². The van der Waals surface area contributed by atoms with Crippen LogP contribution in [0.4, 0.5) is 0 Å². The Labute approximate surface area is 316 Å². The standard InChI is InChI=1S/C44H64O9/c1-25(2)30(28-12-14-29(50-11)15-13-28)16-17-31(39(48)51-24-52-40(49)41(5,6)7)37-33-22-35(47)38-42(8)20-19-34(46)26(3)32(42)18-21-43(38,9)44(33,10)23-36(37)53-27(4)45/h12-15,26,32-36,38,46-47H,16-24H2,1-11H3/b37-31-/t26-,32?,33?,34+,35+,36-,38-,42-,43-,44-/m0/s1. The van der Waals surface area contributed by atoms with Gasteiger partial charge < -0.3 is 29.2 Å². The highest BCUT2D eigenvalue weighted by Crippen LogP contribution is 2.74. The number of benzene rings is 1. The number of carbonyl (C=O) groups excluding carboxylic acids is 3. The summed E-state index contributed by atoms with van der Waals surface area (Å²) in [6, 6.07) is 7.84. The summed E-state index contributed by atoms with van der Waals surface area (Å²) >= 11 is 0. The SMILES string of the molecule is COc1ccc(C(CC/C(C(=O)OCOC(=O)C(C)(C)C)=C2\C3C[C@@H](O)[C@H]4[C@@]5(C)CC[C@@H](O)[C@@H](C)C5CC[C@]4(C)[C@@]3(C)C[C@@H]2OC(C)=O)=C(C)C)cc1. The highest BCUT2D eigenvalue weighted by atomic mass is 16.7. The Balaban J connectivity index is 1.60. The van der Waals surface area contributed by atoms with Crippen molar-refractivity contribution >= 4 is 23.5 Å². The van der Waals surface area contributed by atoms with Gasteiger partial charge in [-0.2, -0.15) is 0 Å². The number of esters is 3. The number of allylic oxidation sites excluding steroid dienone is 2. The van der Waals surface area contributed by atoms with Gasteiger partial charge in [-0.25, -0.2) is 4.79 Å². The highest BCUT2D eigenvalue weighted by Gasteiger charge is 2.71. The summed E-state index contributed by atoms with van der Waals surface area (Å²) in [5.41, 5.74) is 2.61. The first-order valence-corrected chi connectivity index (χ1v) is 19.6. The van der Waals surface area contributed by atoms with Crippen LogP contribution >= 0.6 is 0 Å². The van der Waals surface area contributed by atoms with E-state index in [1.54, 1.807) is 27.9 Å². The number of carbonyl (C=O) groups is 3. The van der Waals surface area contributed by atoms with Crippen molar-refractivity contribution in [2.45, 2.75) is 139 Å². The summed E-state index contributed by atoms with van der Waals surface area (Å²) in [5.74, 6) is -0.630. The third kappa shape index (κ3) is 7.46. The summed E-state index contributed by atoms with van der Waals surface area (Å²) in [6.45, 7) is 19.2. The molecule has 0 saturated heterocycles. The Morgan fingerprint density at radius 3 is 2.13 bits per heavy atom. The lowest BCUT2D eigenvalue weighted by molar-refractivity contribution is -0.234. The van der Waals surface area contributed by atoms with Gasteiger partial charge in [0.05, 0.1) is 24.7 Å². The van der Waals surface area contributed by atoms with Gasteiger partial charge in [-0.3, -0.25) is 9.59 Å². The number of methoxy groups -OCH3 is 1. The zero-order valence-corrected chi connectivity index (χ0v) is 34.0. The normalized spacial score (nSPS) is 35.9. The number of fused-ring (bicyclic) bond motifs is 5. The Kier molecular flexibility index (Phi) is 11.7. The lowest BCUT2D eigenvalue weighted by atomic mass is 9.36. The van der Waals surface area contributed by atoms with Crippen molar-refractivity contribution in [3.63, 3.8) is 0 Å². The summed E-state index contributed by atoms with van der Waals surface area (Å²) in [4.78, 5) is 39.8. The van der Waals surface area contributed by atoms with E-state index >= 15 is 0 Å². The van der Waals surface area contributed by atoms with Crippen LogP contribution in [0.3, 0.4) is 0 Å². The zero-order valence-electron chi connectivity index (χ0n) is 34.0. The topological polar surface area (TPSA) is 129 Å². The highest BCUT2D eigenvalue weighted by molar-refractivity contribution is 5.90. The number of hydrogen-bond donors (Lipinski definition) is 2. The Morgan fingerprint density at radius 2 is 1.55 bits per heavy atom. The van der Waals surface area contributed by atoms with Gasteiger partial charge in [-0.05, 0) is 155 Å². The number of aliphatic hydroxyl groups excluding tert-OH is 2. The molecule has 294 valence electrons. The molecule has 4 fully saturated rings. The number of hydrogen-bond acceptors (Lipinski definition) is 9. The lowest BCUT2D eigenvalue weighted by Gasteiger charge is -2.69. The molecule has 4 saturated carbocycles. The van der Waals surface area contributed by atoms with E-state index in [1.807, 2.05) is 38.1 Å². The quantitative estimate of drug-likeness (QED) is 0.146. The van der Waals surface area contributed by atoms with Gasteiger partial charge in [0.2, 0.25) is 6.79 Å². The third-order valence-electron chi connectivity index (χ3n) is 14.3. The Bertz CT molecular complexity index is 1610. The van der Waals surface area contributed by atoms with E-state index in [4.69, 9.17) is 18.9 Å². The van der Waals surface area contributed by atoms with E-state index in [-0.39, 0.29) is 34.7 Å². The molecule has 9 nitrogen and oxygen atoms in total. The van der Waals surface area contributed by atoms with Gasteiger partial charge in [0.25, 0.3) is 0 Å². The molecule has 9 heteroatoms. The van der Waals surface area contributed by atoms with Gasteiger partial charge in [-0.1, -0.05) is 45.4 Å². The molecule has 0 bridgehead atoms. The van der Waals surface area contributed by atoms with E-state index in [1.165, 1.54) is 6.92 Å². The predicted octanol–water partition coefficient (Wildman–Crippen LogP) is 8.21. The largest absolute Gasteiger partial charge is 0.497 e. The summed E-state index contributed by atoms with van der Waals surface area (Å²) in [5, 5.41) is 23.2. The molecular formula is C44H64O9. The second-order valence-electron chi connectivity index (χ2n) is 18.5. The molecule has 53 heavy (non-hydrogen) atoms. The second kappa shape index (κ2) is 15.2. The molecule has 10 atom stereocenters. The zero-order chi connectivity index (χ0) is 39.3. The predicted molar refractivity (Wildman–Crippen MR) is 203 cm³/mol. The van der Waals surface area contributed by atoms with Crippen LogP contribution in [0, 0.1) is 45.3 Å². The molecule has 0 spiro atoms. The van der Waals surface area contributed by atoms with Crippen LogP contribution in [0.5, 0.6) is 5.75 Å². The average Bonchev–Trinajstić information content (AvgIpc) is 3.35. The van der Waals surface area contributed by atoms with Crippen molar-refractivity contribution in [1.29, 1.82) is 0 Å². The molecule has 2 N–H and O–H groups in total. The first kappa shape index (κ1) is 41.0. The van der Waals surface area contributed by atoms with Gasteiger partial charge in [0.1, 0.15) is 11.9 Å². The fraction of sp³-hybridized carbons (Fsp3) is 0.705. The van der Waals surface area contributed by atoms with Gasteiger partial charge in [-0.15, -0.1) is 0 Å². The Hall–Kier alpha value is -3.17. The van der Waals surface area contributed by atoms with Gasteiger partial charge >= 0.3 is 17.9 Å². The van der Waals surface area contributed by atoms with Crippen molar-refractivity contribution in [3.8, 4) is 5.75 Å². The maximum absolute atomic E-state index is 14.4. The van der Waals surface area contributed by atoms with Crippen LogP contribution in [0.2, 0.25) is 0 Å². The molecule has 2 unspecified atom stereocenters. The molecular weight excluding hydrogens is 672 g/mol. The van der Waals surface area contributed by atoms with Crippen LogP contribution in [-0.2, 0) is 28.6 Å². The second-order valence-corrected chi connectivity index (χ2v) is 18.5. The van der Waals surface area contributed by atoms with Crippen LogP contribution in [0.15, 0.2) is 41.0 Å². The van der Waals surface area contributed by atoms with Crippen molar-refractivity contribution < 1.29 is 43.5 Å². The van der Waals surface area contributed by atoms with Crippen LogP contribution in [0.25, 0.3) is 5.57 Å². The number of aliphatic hydroxyl groups is 2. The molecule has 1 aromatic carbocycles. The van der Waals surface area contributed by atoms with Crippen molar-refractivity contribution in [3.05, 3.63) is 46.5 Å². The minimum atomic E-state index is -0.772. The van der Waals surface area contributed by atoms with E-state index in [0.29, 0.717) is 43.6 Å². The maximum atomic E-state index is 14.4. The summed E-state index contributed by atoms with van der Waals surface area (Å²) in [7, 11) is 1.63. The first-order chi connectivity index (χ1) is 24.7. The fourth-order valence-corrected chi connectivity index (χ4v) is 11.4. The molecule has 4 aliphatic rings. The van der Waals surface area contributed by atoms with Crippen molar-refractivity contribution in [1.82, 2.24) is 0 Å². The maximum Gasteiger partial charge on any atom is 0.336 e. The minimum Gasteiger partial charge on any atom is -0.497 e. The van der Waals surface area contributed by atoms with Crippen molar-refractivity contribution in [2.75, 3.05) is 13.9 Å². The fourth-order valence-electron chi connectivity index (χ4n) is 11.4. The monoisotopic (exact) mass is 736 g/mol. The number of ether oxygens (including phenoxy) is 4. The molecule has 0 radical (unpaired) electrons. The number of rotatable bonds is 9. The molecule has 0 amide bonds. The summed E-state index contributed by atoms with van der Waals surface area (Å²) < 4.78 is 22.7. The van der Waals surface area contributed by atoms with Gasteiger partial charge in [0.15, 0.2) is 0 Å². The minimum absolute atomic E-state index is 0.0261.